The molecule has 112 valence electrons. The Morgan fingerprint density at radius 2 is 1.73 bits per heavy atom. The maximum atomic E-state index is 12.5. The van der Waals surface area contributed by atoms with Crippen molar-refractivity contribution >= 4 is 22.4 Å². The van der Waals surface area contributed by atoms with Crippen molar-refractivity contribution in [2.75, 3.05) is 0 Å². The average Bonchev–Trinajstić information content (AvgIpc) is 2.48. The van der Waals surface area contributed by atoms with Crippen molar-refractivity contribution in [3.8, 4) is 11.3 Å². The maximum absolute atomic E-state index is 12.5. The van der Waals surface area contributed by atoms with Crippen LogP contribution in [-0.4, -0.2) is 9.78 Å². The molecule has 0 unspecified atom stereocenters. The minimum Gasteiger partial charge on any atom is -0.286 e. The monoisotopic (exact) mass is 312 g/mol. The molecule has 22 heavy (non-hydrogen) atoms. The van der Waals surface area contributed by atoms with Crippen molar-refractivity contribution in [2.45, 2.75) is 26.3 Å². The molecule has 3 nitrogen and oxygen atoms in total. The molecule has 0 radical (unpaired) electrons. The van der Waals surface area contributed by atoms with Gasteiger partial charge in [-0.2, -0.15) is 5.10 Å². The Labute approximate surface area is 134 Å². The average molecular weight is 313 g/mol. The highest BCUT2D eigenvalue weighted by molar-refractivity contribution is 6.30. The lowest BCUT2D eigenvalue weighted by Crippen LogP contribution is -2.27. The first-order valence-electron chi connectivity index (χ1n) is 7.16. The van der Waals surface area contributed by atoms with Gasteiger partial charge in [-0.3, -0.25) is 9.48 Å². The Morgan fingerprint density at radius 3 is 2.45 bits per heavy atom. The second-order valence-electron chi connectivity index (χ2n) is 6.30. The van der Waals surface area contributed by atoms with Gasteiger partial charge in [-0.05, 0) is 31.5 Å². The van der Waals surface area contributed by atoms with Crippen LogP contribution in [0.5, 0.6) is 0 Å². The highest BCUT2D eigenvalue weighted by Crippen LogP contribution is 2.26. The molecule has 0 saturated heterocycles. The molecule has 0 fully saturated rings. The fraction of sp³-hybridized carbons (Fsp3) is 0.222. The predicted octanol–water partition coefficient (Wildman–Crippen LogP) is 4.47. The van der Waals surface area contributed by atoms with Gasteiger partial charge in [0.1, 0.15) is 10.7 Å². The molecule has 0 spiro atoms. The zero-order chi connectivity index (χ0) is 15.9. The first-order chi connectivity index (χ1) is 10.4. The van der Waals surface area contributed by atoms with Gasteiger partial charge in [0, 0.05) is 11.8 Å². The number of benzene rings is 2. The molecular weight excluding hydrogens is 296 g/mol. The zero-order valence-electron chi connectivity index (χ0n) is 12.8. The van der Waals surface area contributed by atoms with Gasteiger partial charge in [-0.25, -0.2) is 0 Å². The lowest BCUT2D eigenvalue weighted by Gasteiger charge is -2.22. The Kier molecular flexibility index (Phi) is 3.53. The van der Waals surface area contributed by atoms with Crippen LogP contribution in [0.2, 0.25) is 5.02 Å². The summed E-state index contributed by atoms with van der Waals surface area (Å²) in [6, 6.07) is 13.8. The van der Waals surface area contributed by atoms with E-state index in [1.54, 1.807) is 10.9 Å². The van der Waals surface area contributed by atoms with Crippen LogP contribution < -0.4 is 5.43 Å². The highest BCUT2D eigenvalue weighted by atomic mass is 35.5. The summed E-state index contributed by atoms with van der Waals surface area (Å²) in [5, 5.41) is 6.80. The Bertz CT molecular complexity index is 902. The SMILES string of the molecule is CC(C)(C)n1cc(Cl)c(=O)c(-c2cccc3ccccc23)n1. The van der Waals surface area contributed by atoms with Gasteiger partial charge in [0.2, 0.25) is 5.43 Å². The maximum Gasteiger partial charge on any atom is 0.226 e. The van der Waals surface area contributed by atoms with E-state index in [1.807, 2.05) is 63.2 Å². The Hall–Kier alpha value is -2.13. The summed E-state index contributed by atoms with van der Waals surface area (Å²) in [4.78, 5) is 12.5. The van der Waals surface area contributed by atoms with E-state index < -0.39 is 0 Å². The van der Waals surface area contributed by atoms with Crippen LogP contribution >= 0.6 is 11.6 Å². The van der Waals surface area contributed by atoms with Gasteiger partial charge in [-0.1, -0.05) is 54.1 Å². The number of rotatable bonds is 1. The molecule has 3 rings (SSSR count). The Morgan fingerprint density at radius 1 is 1.05 bits per heavy atom. The fourth-order valence-corrected chi connectivity index (χ4v) is 2.59. The van der Waals surface area contributed by atoms with Crippen LogP contribution in [0.1, 0.15) is 20.8 Å². The summed E-state index contributed by atoms with van der Waals surface area (Å²) in [5.74, 6) is 0. The largest absolute Gasteiger partial charge is 0.286 e. The lowest BCUT2D eigenvalue weighted by molar-refractivity contribution is 0.350. The molecule has 3 aromatic rings. The van der Waals surface area contributed by atoms with E-state index >= 15 is 0 Å². The third-order valence-corrected chi connectivity index (χ3v) is 3.88. The molecule has 0 N–H and O–H groups in total. The van der Waals surface area contributed by atoms with Crippen LogP contribution in [0.15, 0.2) is 53.5 Å². The van der Waals surface area contributed by atoms with Gasteiger partial charge in [0.25, 0.3) is 0 Å². The smallest absolute Gasteiger partial charge is 0.226 e. The fourth-order valence-electron chi connectivity index (χ4n) is 2.41. The molecule has 0 aliphatic rings. The number of aromatic nitrogens is 2. The molecule has 0 aliphatic heterocycles. The van der Waals surface area contributed by atoms with Crippen LogP contribution in [-0.2, 0) is 5.54 Å². The minimum atomic E-state index is -0.253. The molecule has 0 amide bonds. The van der Waals surface area contributed by atoms with Crippen molar-refractivity contribution in [3.05, 3.63) is 63.9 Å². The van der Waals surface area contributed by atoms with Crippen LogP contribution in [0.3, 0.4) is 0 Å². The number of nitrogens with zero attached hydrogens (tertiary/aromatic N) is 2. The summed E-state index contributed by atoms with van der Waals surface area (Å²) in [6.45, 7) is 6.06. The molecule has 4 heteroatoms. The second kappa shape index (κ2) is 5.25. The zero-order valence-corrected chi connectivity index (χ0v) is 13.6. The van der Waals surface area contributed by atoms with E-state index in [0.29, 0.717) is 5.69 Å². The minimum absolute atomic E-state index is 0.188. The van der Waals surface area contributed by atoms with Gasteiger partial charge < -0.3 is 0 Å². The van der Waals surface area contributed by atoms with E-state index in [1.165, 1.54) is 0 Å². The van der Waals surface area contributed by atoms with E-state index in [9.17, 15) is 4.79 Å². The molecule has 0 atom stereocenters. The summed E-state index contributed by atoms with van der Waals surface area (Å²) < 4.78 is 1.74. The second-order valence-corrected chi connectivity index (χ2v) is 6.70. The molecule has 1 aromatic heterocycles. The topological polar surface area (TPSA) is 34.9 Å². The third-order valence-electron chi connectivity index (χ3n) is 3.61. The van der Waals surface area contributed by atoms with Gasteiger partial charge in [0.15, 0.2) is 0 Å². The van der Waals surface area contributed by atoms with E-state index in [-0.39, 0.29) is 16.0 Å². The molecule has 0 aliphatic carbocycles. The summed E-state index contributed by atoms with van der Waals surface area (Å²) in [7, 11) is 0. The first-order valence-corrected chi connectivity index (χ1v) is 7.54. The third kappa shape index (κ3) is 2.53. The van der Waals surface area contributed by atoms with E-state index in [4.69, 9.17) is 11.6 Å². The van der Waals surface area contributed by atoms with Crippen molar-refractivity contribution in [1.29, 1.82) is 0 Å². The number of halogens is 1. The van der Waals surface area contributed by atoms with Crippen molar-refractivity contribution in [2.24, 2.45) is 0 Å². The van der Waals surface area contributed by atoms with Crippen LogP contribution in [0.25, 0.3) is 22.0 Å². The van der Waals surface area contributed by atoms with Crippen molar-refractivity contribution in [1.82, 2.24) is 9.78 Å². The standard InChI is InChI=1S/C18H17ClN2O/c1-18(2,3)21-11-15(19)17(22)16(20-21)14-10-6-8-12-7-4-5-9-13(12)14/h4-11H,1-3H3. The Balaban J connectivity index is 2.36. The van der Waals surface area contributed by atoms with Crippen LogP contribution in [0, 0.1) is 0 Å². The number of hydrogen-bond donors (Lipinski definition) is 0. The quantitative estimate of drug-likeness (QED) is 0.664. The lowest BCUT2D eigenvalue weighted by atomic mass is 10.0. The first kappa shape index (κ1) is 14.8. The number of hydrogen-bond acceptors (Lipinski definition) is 2. The molecular formula is C18H17ClN2O. The summed E-state index contributed by atoms with van der Waals surface area (Å²) >= 11 is 6.15. The molecule has 0 bridgehead atoms. The predicted molar refractivity (Wildman–Crippen MR) is 91.4 cm³/mol. The van der Waals surface area contributed by atoms with Gasteiger partial charge in [0.05, 0.1) is 5.54 Å². The summed E-state index contributed by atoms with van der Waals surface area (Å²) in [6.07, 6.45) is 1.60. The van der Waals surface area contributed by atoms with Gasteiger partial charge in [-0.15, -0.1) is 0 Å². The van der Waals surface area contributed by atoms with E-state index in [2.05, 4.69) is 5.10 Å². The van der Waals surface area contributed by atoms with Crippen molar-refractivity contribution in [3.63, 3.8) is 0 Å². The van der Waals surface area contributed by atoms with E-state index in [0.717, 1.165) is 16.3 Å². The molecule has 2 aromatic carbocycles. The number of fused-ring (bicyclic) bond motifs is 1. The summed E-state index contributed by atoms with van der Waals surface area (Å²) in [5.41, 5.74) is 0.706. The van der Waals surface area contributed by atoms with Gasteiger partial charge >= 0.3 is 0 Å². The molecule has 1 heterocycles. The van der Waals surface area contributed by atoms with Crippen LogP contribution in [0.4, 0.5) is 0 Å². The molecule has 0 saturated carbocycles. The van der Waals surface area contributed by atoms with Crippen molar-refractivity contribution < 1.29 is 0 Å². The normalized spacial score (nSPS) is 11.8. The highest BCUT2D eigenvalue weighted by Gasteiger charge is 2.18.